The molecule has 0 fully saturated rings. The Morgan fingerprint density at radius 2 is 2.00 bits per heavy atom. The van der Waals surface area contributed by atoms with Gasteiger partial charge in [0, 0.05) is 33.9 Å². The highest BCUT2D eigenvalue weighted by Crippen LogP contribution is 2.39. The Labute approximate surface area is 202 Å². The number of thiophene rings is 1. The quantitative estimate of drug-likeness (QED) is 0.456. The first-order valence-corrected chi connectivity index (χ1v) is 13.5. The summed E-state index contributed by atoms with van der Waals surface area (Å²) in [4.78, 5) is 17.8. The van der Waals surface area contributed by atoms with Crippen molar-refractivity contribution in [1.29, 1.82) is 0 Å². The van der Waals surface area contributed by atoms with Gasteiger partial charge in [-0.25, -0.2) is 8.42 Å². The number of hydrogen-bond donors (Lipinski definition) is 1. The Bertz CT molecular complexity index is 1350. The minimum atomic E-state index is -3.14. The van der Waals surface area contributed by atoms with Gasteiger partial charge in [-0.1, -0.05) is 41.9 Å². The largest absolute Gasteiger partial charge is 0.484 e. The molecule has 2 heterocycles. The van der Waals surface area contributed by atoms with Gasteiger partial charge in [-0.05, 0) is 42.7 Å². The Morgan fingerprint density at radius 1 is 1.24 bits per heavy atom. The molecule has 2 atom stereocenters. The fourth-order valence-corrected chi connectivity index (χ4v) is 5.96. The molecule has 0 radical (unpaired) electrons. The number of aliphatic imine (C=N–C) groups is 1. The van der Waals surface area contributed by atoms with Gasteiger partial charge in [0.25, 0.3) is 5.91 Å². The first kappa shape index (κ1) is 23.5. The number of primary amides is 1. The molecule has 6 nitrogen and oxygen atoms in total. The lowest BCUT2D eigenvalue weighted by Gasteiger charge is -2.16. The molecule has 1 aliphatic rings. The van der Waals surface area contributed by atoms with Crippen LogP contribution < -0.4 is 10.5 Å². The zero-order valence-corrected chi connectivity index (χ0v) is 20.5. The van der Waals surface area contributed by atoms with Crippen molar-refractivity contribution >= 4 is 50.6 Å². The molecule has 1 unspecified atom stereocenters. The van der Waals surface area contributed by atoms with E-state index in [1.165, 1.54) is 17.6 Å². The van der Waals surface area contributed by atoms with Crippen molar-refractivity contribution in [3.8, 4) is 5.75 Å². The average Bonchev–Trinajstić information content (AvgIpc) is 3.31. The van der Waals surface area contributed by atoms with E-state index in [0.717, 1.165) is 27.3 Å². The number of sulfone groups is 1. The Balaban J connectivity index is 1.57. The van der Waals surface area contributed by atoms with E-state index >= 15 is 0 Å². The fraction of sp³-hybridized carbons (Fsp3) is 0.250. The highest BCUT2D eigenvalue weighted by molar-refractivity contribution is 7.89. The van der Waals surface area contributed by atoms with Gasteiger partial charge in [0.05, 0.1) is 11.4 Å². The van der Waals surface area contributed by atoms with Crippen molar-refractivity contribution in [2.24, 2.45) is 10.7 Å². The molecule has 0 saturated heterocycles. The van der Waals surface area contributed by atoms with Crippen LogP contribution in [0, 0.1) is 0 Å². The Kier molecular flexibility index (Phi) is 6.61. The molecule has 3 aromatic rings. The minimum Gasteiger partial charge on any atom is -0.484 e. The maximum atomic E-state index is 12.1. The number of carbonyl (C=O) groups excluding carboxylic acids is 1. The zero-order chi connectivity index (χ0) is 23.8. The third-order valence-electron chi connectivity index (χ3n) is 5.35. The van der Waals surface area contributed by atoms with E-state index in [4.69, 9.17) is 22.1 Å². The van der Waals surface area contributed by atoms with Crippen LogP contribution in [0.4, 0.5) is 5.69 Å². The van der Waals surface area contributed by atoms with E-state index in [1.54, 1.807) is 12.1 Å². The number of carbonyl (C=O) groups is 1. The number of fused-ring (bicyclic) bond motifs is 1. The van der Waals surface area contributed by atoms with E-state index in [0.29, 0.717) is 22.1 Å². The van der Waals surface area contributed by atoms with Crippen LogP contribution in [0.3, 0.4) is 0 Å². The van der Waals surface area contributed by atoms with Crippen LogP contribution in [0.2, 0.25) is 5.02 Å². The smallest absolute Gasteiger partial charge is 0.262 e. The molecule has 1 aliphatic heterocycles. The number of ether oxygens (including phenoxy) is 1. The Morgan fingerprint density at radius 3 is 2.70 bits per heavy atom. The summed E-state index contributed by atoms with van der Waals surface area (Å²) in [7, 11) is -3.14. The summed E-state index contributed by atoms with van der Waals surface area (Å²) >= 11 is 7.58. The van der Waals surface area contributed by atoms with Crippen molar-refractivity contribution in [2.75, 3.05) is 6.26 Å². The predicted octanol–water partition coefficient (Wildman–Crippen LogP) is 5.23. The lowest BCUT2D eigenvalue weighted by atomic mass is 9.95. The number of nitrogens with zero attached hydrogens (tertiary/aromatic N) is 1. The highest BCUT2D eigenvalue weighted by atomic mass is 35.5. The average molecular weight is 503 g/mol. The maximum absolute atomic E-state index is 12.1. The van der Waals surface area contributed by atoms with Crippen LogP contribution >= 0.6 is 22.9 Å². The molecule has 33 heavy (non-hydrogen) atoms. The number of rotatable bonds is 8. The van der Waals surface area contributed by atoms with Crippen molar-refractivity contribution < 1.29 is 17.9 Å². The molecule has 9 heteroatoms. The van der Waals surface area contributed by atoms with E-state index in [9.17, 15) is 13.2 Å². The van der Waals surface area contributed by atoms with Gasteiger partial charge in [-0.15, -0.1) is 11.3 Å². The van der Waals surface area contributed by atoms with Gasteiger partial charge >= 0.3 is 0 Å². The number of nitrogens with two attached hydrogens (primary N) is 1. The van der Waals surface area contributed by atoms with E-state index in [2.05, 4.69) is 4.99 Å². The summed E-state index contributed by atoms with van der Waals surface area (Å²) in [5.41, 5.74) is 8.96. The third-order valence-corrected chi connectivity index (χ3v) is 7.71. The second-order valence-corrected chi connectivity index (χ2v) is 11.8. The van der Waals surface area contributed by atoms with Gasteiger partial charge in [-0.2, -0.15) is 0 Å². The van der Waals surface area contributed by atoms with Crippen LogP contribution in [-0.2, 0) is 22.0 Å². The number of benzene rings is 2. The van der Waals surface area contributed by atoms with Crippen molar-refractivity contribution in [1.82, 2.24) is 0 Å². The van der Waals surface area contributed by atoms with Crippen LogP contribution in [0.1, 0.15) is 50.2 Å². The Hall–Kier alpha value is -2.68. The summed E-state index contributed by atoms with van der Waals surface area (Å²) in [6.45, 7) is 1.87. The second kappa shape index (κ2) is 9.29. The summed E-state index contributed by atoms with van der Waals surface area (Å²) < 4.78 is 29.5. The molecule has 1 aromatic heterocycles. The molecular formula is C24H23ClN2O4S2. The SMILES string of the molecule is C[C@@H](Oc1cc(CC2C=Nc3ccc(CS(C)(=O)=O)cc32)sc1C(N)=O)c1ccccc1Cl. The lowest BCUT2D eigenvalue weighted by Crippen LogP contribution is -2.12. The molecule has 0 saturated carbocycles. The summed E-state index contributed by atoms with van der Waals surface area (Å²) in [5, 5.41) is 0.588. The van der Waals surface area contributed by atoms with Crippen molar-refractivity contribution in [3.63, 3.8) is 0 Å². The van der Waals surface area contributed by atoms with Gasteiger partial charge in [0.2, 0.25) is 0 Å². The monoisotopic (exact) mass is 502 g/mol. The molecule has 0 spiro atoms. The number of hydrogen-bond acceptors (Lipinski definition) is 6. The number of halogens is 1. The summed E-state index contributed by atoms with van der Waals surface area (Å²) in [6, 6.07) is 14.8. The van der Waals surface area contributed by atoms with E-state index in [1.807, 2.05) is 49.5 Å². The molecule has 4 rings (SSSR count). The van der Waals surface area contributed by atoms with Gasteiger partial charge in [-0.3, -0.25) is 9.79 Å². The van der Waals surface area contributed by atoms with E-state index in [-0.39, 0.29) is 17.8 Å². The first-order valence-electron chi connectivity index (χ1n) is 10.3. The highest BCUT2D eigenvalue weighted by Gasteiger charge is 2.24. The van der Waals surface area contributed by atoms with Gasteiger partial charge < -0.3 is 10.5 Å². The maximum Gasteiger partial charge on any atom is 0.262 e. The molecule has 1 amide bonds. The topological polar surface area (TPSA) is 98.8 Å². The lowest BCUT2D eigenvalue weighted by molar-refractivity contribution is 0.0998. The van der Waals surface area contributed by atoms with Gasteiger partial charge in [0.15, 0.2) is 9.84 Å². The fourth-order valence-electron chi connectivity index (χ4n) is 3.88. The minimum absolute atomic E-state index is 0.0181. The number of amides is 1. The molecule has 172 valence electrons. The van der Waals surface area contributed by atoms with Crippen LogP contribution in [0.5, 0.6) is 5.75 Å². The molecular weight excluding hydrogens is 480 g/mol. The first-order chi connectivity index (χ1) is 15.6. The van der Waals surface area contributed by atoms with E-state index < -0.39 is 15.7 Å². The molecule has 2 aromatic carbocycles. The predicted molar refractivity (Wildman–Crippen MR) is 133 cm³/mol. The van der Waals surface area contributed by atoms with Crippen LogP contribution in [0.25, 0.3) is 0 Å². The van der Waals surface area contributed by atoms with Crippen LogP contribution in [-0.4, -0.2) is 26.8 Å². The van der Waals surface area contributed by atoms with Crippen molar-refractivity contribution in [2.45, 2.75) is 31.1 Å². The summed E-state index contributed by atoms with van der Waals surface area (Å²) in [5.74, 6) is -0.178. The normalized spacial score (nSPS) is 15.9. The summed E-state index contributed by atoms with van der Waals surface area (Å²) in [6.07, 6.45) is 3.29. The zero-order valence-electron chi connectivity index (χ0n) is 18.1. The standard InChI is InChI=1S/C24H23ClN2O4S2/c1-14(18-5-3-4-6-20(18)25)31-22-11-17(32-23(22)24(26)28)10-16-12-27-21-8-7-15(9-19(16)21)13-33(2,29)30/h3-9,11-12,14,16H,10,13H2,1-2H3,(H2,26,28)/t14-,16?/m1/s1. The molecule has 2 N–H and O–H groups in total. The van der Waals surface area contributed by atoms with Crippen molar-refractivity contribution in [3.05, 3.63) is 80.0 Å². The third kappa shape index (κ3) is 5.46. The molecule has 0 aliphatic carbocycles. The van der Waals surface area contributed by atoms with Crippen LogP contribution in [0.15, 0.2) is 53.5 Å². The molecule has 0 bridgehead atoms. The second-order valence-electron chi connectivity index (χ2n) is 8.10. The van der Waals surface area contributed by atoms with Gasteiger partial charge in [0.1, 0.15) is 16.7 Å².